The van der Waals surface area contributed by atoms with Gasteiger partial charge >= 0.3 is 0 Å². The molecule has 0 spiro atoms. The maximum atomic E-state index is 5.72. The van der Waals surface area contributed by atoms with Gasteiger partial charge in [0.2, 0.25) is 0 Å². The topological polar surface area (TPSA) is 48.3 Å². The monoisotopic (exact) mass is 273 g/mol. The van der Waals surface area contributed by atoms with Gasteiger partial charge in [0.15, 0.2) is 11.5 Å². The van der Waals surface area contributed by atoms with E-state index in [-0.39, 0.29) is 0 Å². The molecule has 0 atom stereocenters. The molecule has 0 radical (unpaired) electrons. The normalized spacial score (nSPS) is 13.3. The summed E-state index contributed by atoms with van der Waals surface area (Å²) in [6.07, 6.45) is 0. The first kappa shape index (κ1) is 12.8. The highest BCUT2D eigenvalue weighted by Crippen LogP contribution is 2.34. The van der Waals surface area contributed by atoms with Gasteiger partial charge in [-0.2, -0.15) is 5.10 Å². The van der Waals surface area contributed by atoms with Crippen LogP contribution < -0.4 is 14.8 Å². The highest BCUT2D eigenvalue weighted by atomic mass is 16.6. The molecule has 106 valence electrons. The molecule has 2 heterocycles. The van der Waals surface area contributed by atoms with Crippen LogP contribution in [-0.4, -0.2) is 23.0 Å². The number of nitrogens with zero attached hydrogens (tertiary/aromatic N) is 2. The summed E-state index contributed by atoms with van der Waals surface area (Å²) in [5.41, 5.74) is 4.32. The molecular formula is C15H19N3O2. The molecule has 2 aromatic rings. The molecule has 1 aliphatic heterocycles. The van der Waals surface area contributed by atoms with Crippen molar-refractivity contribution in [2.75, 3.05) is 18.5 Å². The molecule has 0 aliphatic carbocycles. The van der Waals surface area contributed by atoms with Gasteiger partial charge in [0.05, 0.1) is 17.1 Å². The van der Waals surface area contributed by atoms with Gasteiger partial charge in [0.25, 0.3) is 0 Å². The predicted octanol–water partition coefficient (Wildman–Crippen LogP) is 2.42. The van der Waals surface area contributed by atoms with E-state index in [1.807, 2.05) is 30.8 Å². The van der Waals surface area contributed by atoms with E-state index in [1.165, 1.54) is 0 Å². The van der Waals surface area contributed by atoms with Gasteiger partial charge in [-0.1, -0.05) is 12.1 Å². The molecule has 1 aromatic heterocycles. The summed E-state index contributed by atoms with van der Waals surface area (Å²) < 4.78 is 13.2. The van der Waals surface area contributed by atoms with E-state index in [0.717, 1.165) is 34.1 Å². The third kappa shape index (κ3) is 2.19. The lowest BCUT2D eigenvalue weighted by Gasteiger charge is -2.21. The maximum Gasteiger partial charge on any atom is 0.166 e. The molecule has 5 nitrogen and oxygen atoms in total. The van der Waals surface area contributed by atoms with Crippen LogP contribution in [0.4, 0.5) is 5.69 Å². The molecule has 0 saturated carbocycles. The van der Waals surface area contributed by atoms with Crippen molar-refractivity contribution >= 4 is 5.69 Å². The molecular weight excluding hydrogens is 254 g/mol. The number of ether oxygens (including phenoxy) is 2. The zero-order valence-corrected chi connectivity index (χ0v) is 12.1. The number of hydrogen-bond acceptors (Lipinski definition) is 4. The van der Waals surface area contributed by atoms with Crippen LogP contribution in [0.25, 0.3) is 0 Å². The lowest BCUT2D eigenvalue weighted by molar-refractivity contribution is 0.170. The molecule has 1 N–H and O–H groups in total. The average Bonchev–Trinajstić information content (AvgIpc) is 2.70. The minimum atomic E-state index is 0.606. The molecule has 0 unspecified atom stereocenters. The van der Waals surface area contributed by atoms with Crippen LogP contribution in [0.15, 0.2) is 18.2 Å². The summed E-state index contributed by atoms with van der Waals surface area (Å²) in [4.78, 5) is 0. The minimum Gasteiger partial charge on any atom is -0.486 e. The summed E-state index contributed by atoms with van der Waals surface area (Å²) in [6.45, 7) is 5.98. The molecule has 0 bridgehead atoms. The number of anilines is 1. The van der Waals surface area contributed by atoms with Gasteiger partial charge in [-0.15, -0.1) is 0 Å². The van der Waals surface area contributed by atoms with Crippen LogP contribution >= 0.6 is 0 Å². The molecule has 5 heteroatoms. The molecule has 0 fully saturated rings. The van der Waals surface area contributed by atoms with Crippen molar-refractivity contribution in [1.29, 1.82) is 0 Å². The number of rotatable bonds is 3. The number of para-hydroxylation sites is 1. The number of benzene rings is 1. The Morgan fingerprint density at radius 2 is 2.05 bits per heavy atom. The van der Waals surface area contributed by atoms with Crippen molar-refractivity contribution < 1.29 is 9.47 Å². The standard InChI is InChI=1S/C15H19N3O2/c1-10-14(11(2)18(3)17-10)16-9-12-5-4-6-13-15(12)20-8-7-19-13/h4-6,16H,7-9H2,1-3H3. The average molecular weight is 273 g/mol. The molecule has 20 heavy (non-hydrogen) atoms. The fourth-order valence-corrected chi connectivity index (χ4v) is 2.49. The molecule has 0 amide bonds. The van der Waals surface area contributed by atoms with Crippen LogP contribution in [0, 0.1) is 13.8 Å². The third-order valence-corrected chi connectivity index (χ3v) is 3.61. The first-order valence-electron chi connectivity index (χ1n) is 6.78. The molecule has 1 aromatic carbocycles. The Kier molecular flexibility index (Phi) is 3.26. The lowest BCUT2D eigenvalue weighted by Crippen LogP contribution is -2.17. The van der Waals surface area contributed by atoms with Gasteiger partial charge in [-0.05, 0) is 19.9 Å². The number of aryl methyl sites for hydroxylation is 2. The summed E-state index contributed by atoms with van der Waals surface area (Å²) in [5.74, 6) is 1.68. The van der Waals surface area contributed by atoms with Gasteiger partial charge in [0, 0.05) is 19.2 Å². The minimum absolute atomic E-state index is 0.606. The van der Waals surface area contributed by atoms with Gasteiger partial charge in [-0.25, -0.2) is 0 Å². The fourth-order valence-electron chi connectivity index (χ4n) is 2.49. The van der Waals surface area contributed by atoms with Crippen LogP contribution in [0.1, 0.15) is 17.0 Å². The Morgan fingerprint density at radius 3 is 2.80 bits per heavy atom. The first-order valence-corrected chi connectivity index (χ1v) is 6.78. The number of aromatic nitrogens is 2. The summed E-state index contributed by atoms with van der Waals surface area (Å²) in [5, 5.41) is 7.86. The summed E-state index contributed by atoms with van der Waals surface area (Å²) >= 11 is 0. The maximum absolute atomic E-state index is 5.72. The van der Waals surface area contributed by atoms with Crippen molar-refractivity contribution in [3.63, 3.8) is 0 Å². The SMILES string of the molecule is Cc1nn(C)c(C)c1NCc1cccc2c1OCCO2. The van der Waals surface area contributed by atoms with Crippen LogP contribution in [0.3, 0.4) is 0 Å². The van der Waals surface area contributed by atoms with Crippen molar-refractivity contribution in [1.82, 2.24) is 9.78 Å². The Morgan fingerprint density at radius 1 is 1.25 bits per heavy atom. The highest BCUT2D eigenvalue weighted by molar-refractivity contribution is 5.54. The largest absolute Gasteiger partial charge is 0.486 e. The summed E-state index contributed by atoms with van der Waals surface area (Å²) in [6, 6.07) is 5.99. The van der Waals surface area contributed by atoms with Crippen molar-refractivity contribution in [3.8, 4) is 11.5 Å². The van der Waals surface area contributed by atoms with E-state index in [2.05, 4.69) is 23.4 Å². The van der Waals surface area contributed by atoms with Crippen LogP contribution in [0.5, 0.6) is 11.5 Å². The smallest absolute Gasteiger partial charge is 0.166 e. The second-order valence-corrected chi connectivity index (χ2v) is 4.96. The van der Waals surface area contributed by atoms with Crippen LogP contribution in [0.2, 0.25) is 0 Å². The van der Waals surface area contributed by atoms with Gasteiger partial charge < -0.3 is 14.8 Å². The molecule has 3 rings (SSSR count). The fraction of sp³-hybridized carbons (Fsp3) is 0.400. The van der Waals surface area contributed by atoms with E-state index in [0.29, 0.717) is 19.8 Å². The van der Waals surface area contributed by atoms with Crippen molar-refractivity contribution in [2.24, 2.45) is 7.05 Å². The highest BCUT2D eigenvalue weighted by Gasteiger charge is 2.16. The van der Waals surface area contributed by atoms with E-state index >= 15 is 0 Å². The second-order valence-electron chi connectivity index (χ2n) is 4.96. The third-order valence-electron chi connectivity index (χ3n) is 3.61. The number of fused-ring (bicyclic) bond motifs is 1. The Labute approximate surface area is 118 Å². The van der Waals surface area contributed by atoms with E-state index < -0.39 is 0 Å². The van der Waals surface area contributed by atoms with E-state index in [4.69, 9.17) is 9.47 Å². The molecule has 1 aliphatic rings. The van der Waals surface area contributed by atoms with E-state index in [1.54, 1.807) is 0 Å². The Hall–Kier alpha value is -2.17. The zero-order valence-electron chi connectivity index (χ0n) is 12.1. The number of nitrogens with one attached hydrogen (secondary N) is 1. The zero-order chi connectivity index (χ0) is 14.1. The quantitative estimate of drug-likeness (QED) is 0.933. The van der Waals surface area contributed by atoms with Gasteiger partial charge in [0.1, 0.15) is 13.2 Å². The second kappa shape index (κ2) is 5.07. The number of hydrogen-bond donors (Lipinski definition) is 1. The lowest BCUT2D eigenvalue weighted by atomic mass is 10.1. The van der Waals surface area contributed by atoms with Crippen molar-refractivity contribution in [2.45, 2.75) is 20.4 Å². The van der Waals surface area contributed by atoms with E-state index in [9.17, 15) is 0 Å². The Balaban J connectivity index is 1.82. The van der Waals surface area contributed by atoms with Gasteiger partial charge in [-0.3, -0.25) is 4.68 Å². The van der Waals surface area contributed by atoms with Crippen LogP contribution in [-0.2, 0) is 13.6 Å². The molecule has 0 saturated heterocycles. The van der Waals surface area contributed by atoms with Crippen molar-refractivity contribution in [3.05, 3.63) is 35.2 Å². The Bertz CT molecular complexity index is 634. The predicted molar refractivity (Wildman–Crippen MR) is 77.4 cm³/mol. The summed E-state index contributed by atoms with van der Waals surface area (Å²) in [7, 11) is 1.95. The first-order chi connectivity index (χ1) is 9.66.